The van der Waals surface area contributed by atoms with Crippen molar-refractivity contribution in [2.75, 3.05) is 11.9 Å². The van der Waals surface area contributed by atoms with Crippen molar-refractivity contribution in [2.45, 2.75) is 39.2 Å². The summed E-state index contributed by atoms with van der Waals surface area (Å²) in [4.78, 5) is 26.4. The molecule has 6 nitrogen and oxygen atoms in total. The predicted octanol–water partition coefficient (Wildman–Crippen LogP) is 2.74. The zero-order chi connectivity index (χ0) is 17.6. The van der Waals surface area contributed by atoms with E-state index in [0.717, 1.165) is 30.5 Å². The van der Waals surface area contributed by atoms with Crippen LogP contribution in [0.4, 0.5) is 5.82 Å². The number of amides is 2. The molecular weight excluding hydrogens is 316 g/mol. The third-order valence-electron chi connectivity index (χ3n) is 4.48. The predicted molar refractivity (Wildman–Crippen MR) is 95.8 cm³/mol. The van der Waals surface area contributed by atoms with Crippen LogP contribution in [-0.4, -0.2) is 33.5 Å². The van der Waals surface area contributed by atoms with Crippen molar-refractivity contribution in [1.29, 1.82) is 0 Å². The van der Waals surface area contributed by atoms with Gasteiger partial charge in [0, 0.05) is 31.3 Å². The van der Waals surface area contributed by atoms with Crippen LogP contribution in [0.1, 0.15) is 37.4 Å². The van der Waals surface area contributed by atoms with Crippen LogP contribution in [0.2, 0.25) is 0 Å². The van der Waals surface area contributed by atoms with Gasteiger partial charge in [0.2, 0.25) is 11.8 Å². The molecular formula is C19H24N4O2. The van der Waals surface area contributed by atoms with Gasteiger partial charge in [-0.15, -0.1) is 0 Å². The molecule has 0 spiro atoms. The molecule has 6 heteroatoms. The van der Waals surface area contributed by atoms with Gasteiger partial charge in [-0.1, -0.05) is 43.7 Å². The Hall–Kier alpha value is -2.63. The molecule has 2 aromatic rings. The molecule has 0 radical (unpaired) electrons. The quantitative estimate of drug-likeness (QED) is 0.813. The first kappa shape index (κ1) is 17.2. The number of aromatic nitrogens is 2. The zero-order valence-electron chi connectivity index (χ0n) is 14.5. The van der Waals surface area contributed by atoms with Crippen LogP contribution in [0.3, 0.4) is 0 Å². The van der Waals surface area contributed by atoms with E-state index < -0.39 is 0 Å². The van der Waals surface area contributed by atoms with Crippen molar-refractivity contribution in [3.8, 4) is 0 Å². The SMILES string of the molecule is CCCCc1cc(NC(=O)[C@@H]2CC(=O)N(Cc3ccccc3)C2)n[nH]1. The number of carbonyl (C=O) groups is 2. The Morgan fingerprint density at radius 2 is 2.16 bits per heavy atom. The minimum atomic E-state index is -0.327. The molecule has 1 saturated heterocycles. The molecule has 1 aliphatic rings. The second-order valence-corrected chi connectivity index (χ2v) is 6.53. The van der Waals surface area contributed by atoms with Crippen LogP contribution in [0.15, 0.2) is 36.4 Å². The average Bonchev–Trinajstić information content (AvgIpc) is 3.21. The van der Waals surface area contributed by atoms with Crippen molar-refractivity contribution >= 4 is 17.6 Å². The second kappa shape index (κ2) is 7.96. The fraction of sp³-hybridized carbons (Fsp3) is 0.421. The summed E-state index contributed by atoms with van der Waals surface area (Å²) >= 11 is 0. The first-order chi connectivity index (χ1) is 12.2. The minimum absolute atomic E-state index is 0.0228. The van der Waals surface area contributed by atoms with E-state index >= 15 is 0 Å². The summed E-state index contributed by atoms with van der Waals surface area (Å²) in [6.45, 7) is 3.14. The summed E-state index contributed by atoms with van der Waals surface area (Å²) in [5.41, 5.74) is 2.09. The molecule has 2 N–H and O–H groups in total. The van der Waals surface area contributed by atoms with Gasteiger partial charge in [0.15, 0.2) is 5.82 Å². The van der Waals surface area contributed by atoms with E-state index in [9.17, 15) is 9.59 Å². The second-order valence-electron chi connectivity index (χ2n) is 6.53. The largest absolute Gasteiger partial charge is 0.338 e. The van der Waals surface area contributed by atoms with E-state index in [-0.39, 0.29) is 24.2 Å². The van der Waals surface area contributed by atoms with Gasteiger partial charge in [0.25, 0.3) is 0 Å². The Labute approximate surface area is 147 Å². The van der Waals surface area contributed by atoms with Gasteiger partial charge in [-0.2, -0.15) is 5.10 Å². The number of hydrogen-bond acceptors (Lipinski definition) is 3. The Morgan fingerprint density at radius 3 is 2.92 bits per heavy atom. The summed E-state index contributed by atoms with van der Waals surface area (Å²) in [7, 11) is 0. The van der Waals surface area contributed by atoms with Gasteiger partial charge >= 0.3 is 0 Å². The van der Waals surface area contributed by atoms with Gasteiger partial charge in [-0.05, 0) is 18.4 Å². The lowest BCUT2D eigenvalue weighted by molar-refractivity contribution is -0.128. The highest BCUT2D eigenvalue weighted by molar-refractivity contribution is 5.96. The van der Waals surface area contributed by atoms with Gasteiger partial charge in [0.05, 0.1) is 5.92 Å². The maximum absolute atomic E-state index is 12.4. The molecule has 3 rings (SSSR count). The smallest absolute Gasteiger partial charge is 0.230 e. The molecule has 1 aliphatic heterocycles. The van der Waals surface area contributed by atoms with Crippen LogP contribution < -0.4 is 5.32 Å². The van der Waals surface area contributed by atoms with Crippen molar-refractivity contribution in [3.05, 3.63) is 47.7 Å². The van der Waals surface area contributed by atoms with E-state index in [1.807, 2.05) is 36.4 Å². The van der Waals surface area contributed by atoms with Gasteiger partial charge in [-0.25, -0.2) is 0 Å². The van der Waals surface area contributed by atoms with Crippen molar-refractivity contribution in [3.63, 3.8) is 0 Å². The van der Waals surface area contributed by atoms with E-state index in [1.54, 1.807) is 4.90 Å². The Balaban J connectivity index is 1.54. The first-order valence-electron chi connectivity index (χ1n) is 8.82. The maximum atomic E-state index is 12.4. The molecule has 132 valence electrons. The van der Waals surface area contributed by atoms with Crippen LogP contribution in [0.5, 0.6) is 0 Å². The van der Waals surface area contributed by atoms with E-state index in [4.69, 9.17) is 0 Å². The van der Waals surface area contributed by atoms with Crippen LogP contribution in [0, 0.1) is 5.92 Å². The monoisotopic (exact) mass is 340 g/mol. The fourth-order valence-corrected chi connectivity index (χ4v) is 3.05. The lowest BCUT2D eigenvalue weighted by Gasteiger charge is -2.16. The number of carbonyl (C=O) groups excluding carboxylic acids is 2. The summed E-state index contributed by atoms with van der Waals surface area (Å²) in [5, 5.41) is 9.90. The number of aryl methyl sites for hydroxylation is 1. The zero-order valence-corrected chi connectivity index (χ0v) is 14.5. The number of nitrogens with one attached hydrogen (secondary N) is 2. The van der Waals surface area contributed by atoms with Crippen LogP contribution >= 0.6 is 0 Å². The van der Waals surface area contributed by atoms with E-state index in [2.05, 4.69) is 22.4 Å². The highest BCUT2D eigenvalue weighted by atomic mass is 16.2. The van der Waals surface area contributed by atoms with Crippen molar-refractivity contribution in [2.24, 2.45) is 5.92 Å². The Bertz CT molecular complexity index is 726. The number of benzene rings is 1. The number of anilines is 1. The topological polar surface area (TPSA) is 78.1 Å². The third-order valence-corrected chi connectivity index (χ3v) is 4.48. The molecule has 2 heterocycles. The minimum Gasteiger partial charge on any atom is -0.338 e. The van der Waals surface area contributed by atoms with Gasteiger partial charge in [0.1, 0.15) is 0 Å². The number of H-pyrrole nitrogens is 1. The summed E-state index contributed by atoms with van der Waals surface area (Å²) < 4.78 is 0. The number of unbranched alkanes of at least 4 members (excludes halogenated alkanes) is 1. The highest BCUT2D eigenvalue weighted by Crippen LogP contribution is 2.22. The standard InChI is InChI=1S/C19H24N4O2/c1-2-3-9-16-11-17(22-21-16)20-19(25)15-10-18(24)23(13-15)12-14-7-5-4-6-8-14/h4-8,11,15H,2-3,9-10,12-13H2,1H3,(H2,20,21,22,25)/t15-/m1/s1. The third kappa shape index (κ3) is 4.47. The van der Waals surface area contributed by atoms with Gasteiger partial charge in [-0.3, -0.25) is 14.7 Å². The summed E-state index contributed by atoms with van der Waals surface area (Å²) in [6.07, 6.45) is 3.38. The lowest BCUT2D eigenvalue weighted by atomic mass is 10.1. The highest BCUT2D eigenvalue weighted by Gasteiger charge is 2.34. The molecule has 1 atom stereocenters. The number of rotatable bonds is 7. The molecule has 0 aliphatic carbocycles. The summed E-state index contributed by atoms with van der Waals surface area (Å²) in [6, 6.07) is 11.7. The lowest BCUT2D eigenvalue weighted by Crippen LogP contribution is -2.28. The Kier molecular flexibility index (Phi) is 5.48. The fourth-order valence-electron chi connectivity index (χ4n) is 3.05. The van der Waals surface area contributed by atoms with E-state index in [1.165, 1.54) is 0 Å². The van der Waals surface area contributed by atoms with Crippen LogP contribution in [-0.2, 0) is 22.6 Å². The summed E-state index contributed by atoms with van der Waals surface area (Å²) in [5.74, 6) is 0.0872. The molecule has 1 aromatic carbocycles. The normalized spacial score (nSPS) is 17.1. The molecule has 0 saturated carbocycles. The van der Waals surface area contributed by atoms with Gasteiger partial charge < -0.3 is 10.2 Å². The van der Waals surface area contributed by atoms with Crippen molar-refractivity contribution in [1.82, 2.24) is 15.1 Å². The maximum Gasteiger partial charge on any atom is 0.230 e. The number of likely N-dealkylation sites (tertiary alicyclic amines) is 1. The van der Waals surface area contributed by atoms with Crippen LogP contribution in [0.25, 0.3) is 0 Å². The molecule has 25 heavy (non-hydrogen) atoms. The Morgan fingerprint density at radius 1 is 1.36 bits per heavy atom. The first-order valence-corrected chi connectivity index (χ1v) is 8.82. The molecule has 1 fully saturated rings. The number of nitrogens with zero attached hydrogens (tertiary/aromatic N) is 2. The average molecular weight is 340 g/mol. The number of hydrogen-bond donors (Lipinski definition) is 2. The van der Waals surface area contributed by atoms with E-state index in [0.29, 0.717) is 18.9 Å². The van der Waals surface area contributed by atoms with Crippen molar-refractivity contribution < 1.29 is 9.59 Å². The molecule has 2 amide bonds. The molecule has 0 bridgehead atoms. The molecule has 0 unspecified atom stereocenters. The number of aromatic amines is 1. The molecule has 1 aromatic heterocycles.